The van der Waals surface area contributed by atoms with Crippen molar-refractivity contribution in [2.45, 2.75) is 31.7 Å². The molecule has 3 aromatic rings. The maximum absolute atomic E-state index is 13.2. The Morgan fingerprint density at radius 2 is 1.97 bits per heavy atom. The van der Waals surface area contributed by atoms with Crippen LogP contribution in [-0.4, -0.2) is 35.5 Å². The predicted molar refractivity (Wildman–Crippen MR) is 120 cm³/mol. The summed E-state index contributed by atoms with van der Waals surface area (Å²) in [6.07, 6.45) is 5.61. The molecule has 1 fully saturated rings. The molecule has 5 heteroatoms. The van der Waals surface area contributed by atoms with Crippen LogP contribution in [0, 0.1) is 11.3 Å². The third kappa shape index (κ3) is 4.75. The predicted octanol–water partition coefficient (Wildman–Crippen LogP) is 4.87. The Kier molecular flexibility index (Phi) is 6.28. The summed E-state index contributed by atoms with van der Waals surface area (Å²) >= 11 is 0. The molecule has 5 nitrogen and oxygen atoms in total. The second-order valence-corrected chi connectivity index (χ2v) is 7.81. The van der Waals surface area contributed by atoms with Gasteiger partial charge in [0, 0.05) is 36.0 Å². The van der Waals surface area contributed by atoms with Crippen molar-refractivity contribution in [2.75, 3.05) is 13.7 Å². The van der Waals surface area contributed by atoms with Gasteiger partial charge in [-0.3, -0.25) is 4.79 Å². The van der Waals surface area contributed by atoms with Crippen molar-refractivity contribution in [3.05, 3.63) is 83.6 Å². The number of hydrogen-bond acceptors (Lipinski definition) is 4. The lowest BCUT2D eigenvalue weighted by atomic mass is 10.0. The standard InChI is InChI=1S/C26H25N3O2/c1-31-25-14-12-23(18-28-25)21-8-10-22(11-9-21)26(30)29-15-3-6-24(29)13-7-19-4-2-5-20(16-19)17-27/h2,4-5,8-12,14,16,18,24H,3,6-7,13,15H2,1H3. The normalized spacial score (nSPS) is 15.5. The van der Waals surface area contributed by atoms with Gasteiger partial charge in [0.05, 0.1) is 18.7 Å². The Hall–Kier alpha value is -3.65. The number of likely N-dealkylation sites (tertiary alicyclic amines) is 1. The van der Waals surface area contributed by atoms with Crippen molar-refractivity contribution in [1.29, 1.82) is 5.26 Å². The van der Waals surface area contributed by atoms with Crippen LogP contribution in [0.2, 0.25) is 0 Å². The zero-order valence-corrected chi connectivity index (χ0v) is 17.6. The molecule has 0 saturated carbocycles. The second-order valence-electron chi connectivity index (χ2n) is 7.81. The van der Waals surface area contributed by atoms with Crippen LogP contribution >= 0.6 is 0 Å². The summed E-state index contributed by atoms with van der Waals surface area (Å²) < 4.78 is 5.11. The van der Waals surface area contributed by atoms with Crippen LogP contribution < -0.4 is 4.74 Å². The minimum absolute atomic E-state index is 0.0904. The van der Waals surface area contributed by atoms with Crippen LogP contribution in [0.3, 0.4) is 0 Å². The largest absolute Gasteiger partial charge is 0.481 e. The fraction of sp³-hybridized carbons (Fsp3) is 0.269. The van der Waals surface area contributed by atoms with Crippen molar-refractivity contribution in [2.24, 2.45) is 0 Å². The van der Waals surface area contributed by atoms with Gasteiger partial charge in [-0.05, 0) is 67.1 Å². The van der Waals surface area contributed by atoms with Gasteiger partial charge in [-0.25, -0.2) is 4.98 Å². The van der Waals surface area contributed by atoms with Crippen molar-refractivity contribution in [3.63, 3.8) is 0 Å². The maximum atomic E-state index is 13.2. The van der Waals surface area contributed by atoms with E-state index >= 15 is 0 Å². The fourth-order valence-electron chi connectivity index (χ4n) is 4.18. The molecule has 0 spiro atoms. The Bertz CT molecular complexity index is 1080. The average molecular weight is 412 g/mol. The molecule has 2 heterocycles. The second kappa shape index (κ2) is 9.44. The van der Waals surface area contributed by atoms with E-state index in [0.717, 1.165) is 48.9 Å². The van der Waals surface area contributed by atoms with Crippen molar-refractivity contribution in [3.8, 4) is 23.1 Å². The van der Waals surface area contributed by atoms with E-state index in [1.807, 2.05) is 59.5 Å². The molecule has 1 aliphatic heterocycles. The first-order valence-corrected chi connectivity index (χ1v) is 10.6. The van der Waals surface area contributed by atoms with E-state index in [2.05, 4.69) is 17.1 Å². The maximum Gasteiger partial charge on any atom is 0.254 e. The van der Waals surface area contributed by atoms with Gasteiger partial charge in [0.1, 0.15) is 0 Å². The molecule has 31 heavy (non-hydrogen) atoms. The number of rotatable bonds is 6. The number of aryl methyl sites for hydroxylation is 1. The third-order valence-electron chi connectivity index (χ3n) is 5.87. The highest BCUT2D eigenvalue weighted by Gasteiger charge is 2.29. The Morgan fingerprint density at radius 1 is 1.16 bits per heavy atom. The Labute approximate surface area is 182 Å². The summed E-state index contributed by atoms with van der Waals surface area (Å²) in [5.41, 5.74) is 4.55. The lowest BCUT2D eigenvalue weighted by Gasteiger charge is -2.25. The minimum atomic E-state index is 0.0904. The number of hydrogen-bond donors (Lipinski definition) is 0. The highest BCUT2D eigenvalue weighted by atomic mass is 16.5. The van der Waals surface area contributed by atoms with E-state index in [-0.39, 0.29) is 11.9 Å². The first-order valence-electron chi connectivity index (χ1n) is 10.6. The van der Waals surface area contributed by atoms with Crippen molar-refractivity contribution in [1.82, 2.24) is 9.88 Å². The van der Waals surface area contributed by atoms with Crippen LogP contribution in [0.25, 0.3) is 11.1 Å². The van der Waals surface area contributed by atoms with E-state index in [1.165, 1.54) is 0 Å². The van der Waals surface area contributed by atoms with Crippen LogP contribution in [-0.2, 0) is 6.42 Å². The molecule has 0 N–H and O–H groups in total. The number of carbonyl (C=O) groups excluding carboxylic acids is 1. The number of carbonyl (C=O) groups is 1. The van der Waals surface area contributed by atoms with E-state index in [1.54, 1.807) is 13.3 Å². The summed E-state index contributed by atoms with van der Waals surface area (Å²) in [6.45, 7) is 0.798. The number of pyridine rings is 1. The molecule has 1 atom stereocenters. The highest BCUT2D eigenvalue weighted by Crippen LogP contribution is 2.26. The molecular formula is C26H25N3O2. The molecule has 1 aliphatic rings. The van der Waals surface area contributed by atoms with Crippen LogP contribution in [0.5, 0.6) is 5.88 Å². The summed E-state index contributed by atoms with van der Waals surface area (Å²) in [5, 5.41) is 9.09. The van der Waals surface area contributed by atoms with Crippen LogP contribution in [0.4, 0.5) is 0 Å². The zero-order chi connectivity index (χ0) is 21.6. The number of nitriles is 1. The Morgan fingerprint density at radius 3 is 2.68 bits per heavy atom. The lowest BCUT2D eigenvalue weighted by Crippen LogP contribution is -2.35. The topological polar surface area (TPSA) is 66.2 Å². The van der Waals surface area contributed by atoms with E-state index in [4.69, 9.17) is 10.00 Å². The molecule has 4 rings (SSSR count). The lowest BCUT2D eigenvalue weighted by molar-refractivity contribution is 0.0730. The van der Waals surface area contributed by atoms with Gasteiger partial charge in [0.2, 0.25) is 5.88 Å². The van der Waals surface area contributed by atoms with Gasteiger partial charge >= 0.3 is 0 Å². The highest BCUT2D eigenvalue weighted by molar-refractivity contribution is 5.95. The number of methoxy groups -OCH3 is 1. The van der Waals surface area contributed by atoms with Gasteiger partial charge in [-0.1, -0.05) is 24.3 Å². The summed E-state index contributed by atoms with van der Waals surface area (Å²) in [4.78, 5) is 19.4. The molecule has 1 aromatic heterocycles. The first-order chi connectivity index (χ1) is 15.2. The summed E-state index contributed by atoms with van der Waals surface area (Å²) in [6, 6.07) is 21.7. The van der Waals surface area contributed by atoms with E-state index in [9.17, 15) is 4.79 Å². The third-order valence-corrected chi connectivity index (χ3v) is 5.87. The van der Waals surface area contributed by atoms with Crippen molar-refractivity contribution < 1.29 is 9.53 Å². The number of nitrogens with zero attached hydrogens (tertiary/aromatic N) is 3. The molecule has 1 unspecified atom stereocenters. The molecule has 156 valence electrons. The van der Waals surface area contributed by atoms with Gasteiger partial charge < -0.3 is 9.64 Å². The smallest absolute Gasteiger partial charge is 0.254 e. The molecule has 2 aromatic carbocycles. The first kappa shape index (κ1) is 20.6. The number of benzene rings is 2. The van der Waals surface area contributed by atoms with Gasteiger partial charge in [-0.2, -0.15) is 5.26 Å². The number of amides is 1. The van der Waals surface area contributed by atoms with Crippen molar-refractivity contribution >= 4 is 5.91 Å². The number of aromatic nitrogens is 1. The molecule has 0 aliphatic carbocycles. The fourth-order valence-corrected chi connectivity index (χ4v) is 4.18. The molecule has 0 radical (unpaired) electrons. The quantitative estimate of drug-likeness (QED) is 0.581. The summed E-state index contributed by atoms with van der Waals surface area (Å²) in [5.74, 6) is 0.669. The number of ether oxygens (including phenoxy) is 1. The Balaban J connectivity index is 1.42. The molecule has 0 bridgehead atoms. The zero-order valence-electron chi connectivity index (χ0n) is 17.6. The summed E-state index contributed by atoms with van der Waals surface area (Å²) in [7, 11) is 1.59. The van der Waals surface area contributed by atoms with Gasteiger partial charge in [0.15, 0.2) is 0 Å². The van der Waals surface area contributed by atoms with Gasteiger partial charge in [-0.15, -0.1) is 0 Å². The van der Waals surface area contributed by atoms with E-state index in [0.29, 0.717) is 17.0 Å². The molecule has 1 amide bonds. The van der Waals surface area contributed by atoms with Crippen LogP contribution in [0.15, 0.2) is 66.9 Å². The average Bonchev–Trinajstić information content (AvgIpc) is 3.31. The minimum Gasteiger partial charge on any atom is -0.481 e. The van der Waals surface area contributed by atoms with Crippen LogP contribution in [0.1, 0.15) is 40.7 Å². The molecular weight excluding hydrogens is 386 g/mol. The molecule has 1 saturated heterocycles. The monoisotopic (exact) mass is 411 g/mol. The van der Waals surface area contributed by atoms with Gasteiger partial charge in [0.25, 0.3) is 5.91 Å². The SMILES string of the molecule is COc1ccc(-c2ccc(C(=O)N3CCCC3CCc3cccc(C#N)c3)cc2)cn1. The van der Waals surface area contributed by atoms with E-state index < -0.39 is 0 Å².